The smallest absolute Gasteiger partial charge is 0.238 e. The van der Waals surface area contributed by atoms with Gasteiger partial charge in [-0.2, -0.15) is 0 Å². The Morgan fingerprint density at radius 2 is 2.12 bits per heavy atom. The fraction of sp³-hybridized carbons (Fsp3) is 0.417. The third-order valence-corrected chi connectivity index (χ3v) is 2.74. The highest BCUT2D eigenvalue weighted by Crippen LogP contribution is 2.27. The van der Waals surface area contributed by atoms with Crippen molar-refractivity contribution in [2.75, 3.05) is 37.4 Å². The molecule has 0 aliphatic carbocycles. The van der Waals surface area contributed by atoms with Crippen LogP contribution in [0.1, 0.15) is 6.92 Å². The monoisotopic (exact) mass is 299 g/mol. The van der Waals surface area contributed by atoms with Crippen LogP contribution in [0.15, 0.2) is 22.7 Å². The highest BCUT2D eigenvalue weighted by molar-refractivity contribution is 9.10. The van der Waals surface area contributed by atoms with Crippen molar-refractivity contribution in [3.63, 3.8) is 0 Å². The Morgan fingerprint density at radius 1 is 1.41 bits per heavy atom. The summed E-state index contributed by atoms with van der Waals surface area (Å²) in [4.78, 5) is 13.6. The van der Waals surface area contributed by atoms with Crippen molar-refractivity contribution in [1.82, 2.24) is 5.32 Å². The summed E-state index contributed by atoms with van der Waals surface area (Å²) >= 11 is 3.40. The van der Waals surface area contributed by atoms with E-state index in [4.69, 9.17) is 0 Å². The van der Waals surface area contributed by atoms with Crippen molar-refractivity contribution in [2.24, 2.45) is 0 Å². The highest BCUT2D eigenvalue weighted by atomic mass is 79.9. The van der Waals surface area contributed by atoms with Crippen molar-refractivity contribution in [3.05, 3.63) is 22.7 Å². The van der Waals surface area contributed by atoms with Crippen molar-refractivity contribution >= 4 is 33.2 Å². The lowest BCUT2D eigenvalue weighted by atomic mass is 10.2. The zero-order valence-electron chi connectivity index (χ0n) is 10.4. The quantitative estimate of drug-likeness (QED) is 0.875. The van der Waals surface area contributed by atoms with E-state index in [1.54, 1.807) is 0 Å². The van der Waals surface area contributed by atoms with Gasteiger partial charge in [0.1, 0.15) is 0 Å². The molecule has 5 heteroatoms. The molecule has 1 aromatic rings. The number of amides is 1. The van der Waals surface area contributed by atoms with Gasteiger partial charge in [0.25, 0.3) is 0 Å². The molecule has 17 heavy (non-hydrogen) atoms. The second-order valence-corrected chi connectivity index (χ2v) is 4.80. The van der Waals surface area contributed by atoms with Crippen molar-refractivity contribution in [3.8, 4) is 0 Å². The van der Waals surface area contributed by atoms with Gasteiger partial charge in [-0.15, -0.1) is 0 Å². The lowest BCUT2D eigenvalue weighted by Gasteiger charge is -2.18. The van der Waals surface area contributed by atoms with Crippen LogP contribution >= 0.6 is 15.9 Å². The predicted octanol–water partition coefficient (Wildman–Crippen LogP) is 2.06. The van der Waals surface area contributed by atoms with E-state index in [-0.39, 0.29) is 5.91 Å². The third-order valence-electron chi connectivity index (χ3n) is 2.25. The van der Waals surface area contributed by atoms with E-state index in [1.807, 2.05) is 44.1 Å². The number of carbonyl (C=O) groups excluding carboxylic acids is 1. The van der Waals surface area contributed by atoms with Gasteiger partial charge in [-0.1, -0.05) is 22.9 Å². The van der Waals surface area contributed by atoms with Crippen LogP contribution in [0.5, 0.6) is 0 Å². The van der Waals surface area contributed by atoms with Crippen LogP contribution in [0.4, 0.5) is 11.4 Å². The second-order valence-electron chi connectivity index (χ2n) is 3.88. The number of rotatable bonds is 5. The predicted molar refractivity (Wildman–Crippen MR) is 75.6 cm³/mol. The molecule has 2 N–H and O–H groups in total. The van der Waals surface area contributed by atoms with Gasteiger partial charge < -0.3 is 15.5 Å². The number of carbonyl (C=O) groups is 1. The summed E-state index contributed by atoms with van der Waals surface area (Å²) in [5, 5.41) is 5.89. The first-order valence-electron chi connectivity index (χ1n) is 5.52. The van der Waals surface area contributed by atoms with Gasteiger partial charge in [-0.05, 0) is 24.7 Å². The van der Waals surface area contributed by atoms with E-state index in [0.717, 1.165) is 22.4 Å². The summed E-state index contributed by atoms with van der Waals surface area (Å²) in [6.07, 6.45) is 0. The Hall–Kier alpha value is -1.07. The van der Waals surface area contributed by atoms with Crippen LogP contribution in [-0.2, 0) is 4.79 Å². The molecular weight excluding hydrogens is 282 g/mol. The molecule has 0 bridgehead atoms. The van der Waals surface area contributed by atoms with Crippen molar-refractivity contribution in [1.29, 1.82) is 0 Å². The zero-order valence-corrected chi connectivity index (χ0v) is 12.0. The maximum Gasteiger partial charge on any atom is 0.238 e. The standard InChI is InChI=1S/C12H18BrN3O/c1-4-14-8-12(17)15-10-7-9(13)5-6-11(10)16(2)3/h5-7,14H,4,8H2,1-3H3,(H,15,17). The molecule has 1 rings (SSSR count). The topological polar surface area (TPSA) is 44.4 Å². The van der Waals surface area contributed by atoms with Gasteiger partial charge in [0.05, 0.1) is 17.9 Å². The van der Waals surface area contributed by atoms with Crippen LogP contribution in [-0.4, -0.2) is 33.1 Å². The van der Waals surface area contributed by atoms with E-state index in [1.165, 1.54) is 0 Å². The third kappa shape index (κ3) is 4.36. The van der Waals surface area contributed by atoms with Gasteiger partial charge in [0.2, 0.25) is 5.91 Å². The Bertz CT molecular complexity index is 393. The van der Waals surface area contributed by atoms with Crippen molar-refractivity contribution in [2.45, 2.75) is 6.92 Å². The molecular formula is C12H18BrN3O. The summed E-state index contributed by atoms with van der Waals surface area (Å²) in [5.41, 5.74) is 1.80. The Morgan fingerprint density at radius 3 is 2.71 bits per heavy atom. The molecule has 0 aliphatic rings. The van der Waals surface area contributed by atoms with Crippen LogP contribution in [0, 0.1) is 0 Å². The van der Waals surface area contributed by atoms with E-state index in [2.05, 4.69) is 26.6 Å². The average molecular weight is 300 g/mol. The Balaban J connectivity index is 2.81. The summed E-state index contributed by atoms with van der Waals surface area (Å²) in [7, 11) is 3.90. The maximum absolute atomic E-state index is 11.7. The fourth-order valence-electron chi connectivity index (χ4n) is 1.43. The first-order valence-corrected chi connectivity index (χ1v) is 6.31. The van der Waals surface area contributed by atoms with Gasteiger partial charge in [0, 0.05) is 18.6 Å². The molecule has 0 aromatic heterocycles. The number of likely N-dealkylation sites (N-methyl/N-ethyl adjacent to an activating group) is 1. The summed E-state index contributed by atoms with van der Waals surface area (Å²) in [6.45, 7) is 3.08. The molecule has 94 valence electrons. The minimum Gasteiger partial charge on any atom is -0.376 e. The molecule has 0 saturated heterocycles. The number of nitrogens with zero attached hydrogens (tertiary/aromatic N) is 1. The normalized spacial score (nSPS) is 10.1. The Labute approximate surface area is 111 Å². The molecule has 1 amide bonds. The van der Waals surface area contributed by atoms with E-state index >= 15 is 0 Å². The zero-order chi connectivity index (χ0) is 12.8. The minimum atomic E-state index is -0.0342. The number of nitrogens with one attached hydrogen (secondary N) is 2. The molecule has 0 saturated carbocycles. The number of benzene rings is 1. The summed E-state index contributed by atoms with van der Waals surface area (Å²) in [6, 6.07) is 5.82. The number of hydrogen-bond donors (Lipinski definition) is 2. The number of hydrogen-bond acceptors (Lipinski definition) is 3. The van der Waals surface area contributed by atoms with Crippen LogP contribution in [0.2, 0.25) is 0 Å². The van der Waals surface area contributed by atoms with E-state index in [9.17, 15) is 4.79 Å². The summed E-state index contributed by atoms with van der Waals surface area (Å²) in [5.74, 6) is -0.0342. The van der Waals surface area contributed by atoms with Gasteiger partial charge in [-0.3, -0.25) is 4.79 Å². The number of anilines is 2. The first-order chi connectivity index (χ1) is 8.04. The molecule has 0 unspecified atom stereocenters. The van der Waals surface area contributed by atoms with Crippen LogP contribution in [0.3, 0.4) is 0 Å². The minimum absolute atomic E-state index is 0.0342. The second kappa shape index (κ2) is 6.61. The highest BCUT2D eigenvalue weighted by Gasteiger charge is 2.08. The molecule has 1 aromatic carbocycles. The first kappa shape index (κ1) is 14.0. The van der Waals surface area contributed by atoms with Crippen LogP contribution < -0.4 is 15.5 Å². The van der Waals surface area contributed by atoms with E-state index in [0.29, 0.717) is 6.54 Å². The van der Waals surface area contributed by atoms with Crippen molar-refractivity contribution < 1.29 is 4.79 Å². The Kier molecular flexibility index (Phi) is 5.44. The lowest BCUT2D eigenvalue weighted by molar-refractivity contribution is -0.115. The van der Waals surface area contributed by atoms with Gasteiger partial charge >= 0.3 is 0 Å². The molecule has 4 nitrogen and oxygen atoms in total. The maximum atomic E-state index is 11.7. The molecule has 0 fully saturated rings. The number of halogens is 1. The molecule has 0 radical (unpaired) electrons. The van der Waals surface area contributed by atoms with Gasteiger partial charge in [-0.25, -0.2) is 0 Å². The summed E-state index contributed by atoms with van der Waals surface area (Å²) < 4.78 is 0.946. The van der Waals surface area contributed by atoms with Gasteiger partial charge in [0.15, 0.2) is 0 Å². The molecule has 0 spiro atoms. The van der Waals surface area contributed by atoms with Crippen LogP contribution in [0.25, 0.3) is 0 Å². The molecule has 0 aliphatic heterocycles. The molecule has 0 atom stereocenters. The fourth-order valence-corrected chi connectivity index (χ4v) is 1.79. The lowest BCUT2D eigenvalue weighted by Crippen LogP contribution is -2.28. The average Bonchev–Trinajstić information content (AvgIpc) is 2.26. The largest absolute Gasteiger partial charge is 0.376 e. The SMILES string of the molecule is CCNCC(=O)Nc1cc(Br)ccc1N(C)C. The van der Waals surface area contributed by atoms with E-state index < -0.39 is 0 Å². The molecule has 0 heterocycles.